The highest BCUT2D eigenvalue weighted by atomic mass is 35.5. The summed E-state index contributed by atoms with van der Waals surface area (Å²) < 4.78 is 5.02. The van der Waals surface area contributed by atoms with E-state index in [4.69, 9.17) is 16.3 Å². The maximum Gasteiger partial charge on any atom is 0.312 e. The standard InChI is InChI=1S/C14H15ClN2O5/c1-14(6-12(18)16-13(19)7-14)5-8-3-11(22-2)10(17(20)21)4-9(8)15/h3-4H,5-7H2,1-2H3,(H,16,18,19). The zero-order chi connectivity index (χ0) is 16.5. The van der Waals surface area contributed by atoms with E-state index >= 15 is 0 Å². The Labute approximate surface area is 131 Å². The molecule has 1 aromatic rings. The quantitative estimate of drug-likeness (QED) is 0.519. The first kappa shape index (κ1) is 16.2. The van der Waals surface area contributed by atoms with E-state index in [-0.39, 0.29) is 41.1 Å². The van der Waals surface area contributed by atoms with Gasteiger partial charge in [-0.05, 0) is 23.5 Å². The minimum atomic E-state index is -0.579. The van der Waals surface area contributed by atoms with Gasteiger partial charge in [-0.2, -0.15) is 0 Å². The number of nitrogens with zero attached hydrogens (tertiary/aromatic N) is 1. The topological polar surface area (TPSA) is 98.5 Å². The summed E-state index contributed by atoms with van der Waals surface area (Å²) in [6, 6.07) is 2.71. The van der Waals surface area contributed by atoms with E-state index in [2.05, 4.69) is 5.32 Å². The molecule has 0 atom stereocenters. The third kappa shape index (κ3) is 3.36. The number of imide groups is 1. The number of carbonyl (C=O) groups excluding carboxylic acids is 2. The van der Waals surface area contributed by atoms with Crippen molar-refractivity contribution in [3.63, 3.8) is 0 Å². The van der Waals surface area contributed by atoms with Crippen molar-refractivity contribution in [3.05, 3.63) is 32.8 Å². The highest BCUT2D eigenvalue weighted by Gasteiger charge is 2.36. The molecule has 2 amide bonds. The number of carbonyl (C=O) groups is 2. The van der Waals surface area contributed by atoms with Gasteiger partial charge in [-0.1, -0.05) is 18.5 Å². The van der Waals surface area contributed by atoms with Crippen LogP contribution in [0.3, 0.4) is 0 Å². The number of nitro benzene ring substituents is 1. The average molecular weight is 327 g/mol. The van der Waals surface area contributed by atoms with Crippen molar-refractivity contribution in [2.75, 3.05) is 7.11 Å². The van der Waals surface area contributed by atoms with Crippen molar-refractivity contribution < 1.29 is 19.2 Å². The number of benzene rings is 1. The molecule has 0 unspecified atom stereocenters. The summed E-state index contributed by atoms with van der Waals surface area (Å²) in [5, 5.41) is 13.4. The van der Waals surface area contributed by atoms with Crippen LogP contribution in [0.5, 0.6) is 5.75 Å². The lowest BCUT2D eigenvalue weighted by Crippen LogP contribution is -2.44. The number of amides is 2. The maximum absolute atomic E-state index is 11.6. The van der Waals surface area contributed by atoms with Crippen molar-refractivity contribution in [1.82, 2.24) is 5.32 Å². The molecule has 8 heteroatoms. The van der Waals surface area contributed by atoms with Gasteiger partial charge in [-0.25, -0.2) is 0 Å². The third-order valence-corrected chi connectivity index (χ3v) is 3.97. The molecule has 1 aromatic carbocycles. The van der Waals surface area contributed by atoms with E-state index in [1.54, 1.807) is 0 Å². The zero-order valence-electron chi connectivity index (χ0n) is 12.1. The third-order valence-electron chi connectivity index (χ3n) is 3.62. The summed E-state index contributed by atoms with van der Waals surface area (Å²) >= 11 is 6.11. The van der Waals surface area contributed by atoms with E-state index < -0.39 is 10.3 Å². The summed E-state index contributed by atoms with van der Waals surface area (Å²) in [7, 11) is 1.33. The number of rotatable bonds is 4. The van der Waals surface area contributed by atoms with Gasteiger partial charge in [-0.3, -0.25) is 25.0 Å². The number of nitrogens with one attached hydrogen (secondary N) is 1. The van der Waals surface area contributed by atoms with Gasteiger partial charge in [0.1, 0.15) is 0 Å². The first-order valence-electron chi connectivity index (χ1n) is 6.57. The smallest absolute Gasteiger partial charge is 0.312 e. The van der Waals surface area contributed by atoms with Gasteiger partial charge in [0.2, 0.25) is 11.8 Å². The Morgan fingerprint density at radius 3 is 2.45 bits per heavy atom. The number of hydrogen-bond acceptors (Lipinski definition) is 5. The fraction of sp³-hybridized carbons (Fsp3) is 0.429. The molecule has 1 fully saturated rings. The predicted molar refractivity (Wildman–Crippen MR) is 78.9 cm³/mol. The van der Waals surface area contributed by atoms with Crippen LogP contribution in [0.15, 0.2) is 12.1 Å². The minimum Gasteiger partial charge on any atom is -0.490 e. The van der Waals surface area contributed by atoms with Crippen LogP contribution >= 0.6 is 11.6 Å². The molecule has 0 spiro atoms. The Balaban J connectivity index is 2.35. The second-order valence-corrected chi connectivity index (χ2v) is 6.09. The normalized spacial score (nSPS) is 17.0. The van der Waals surface area contributed by atoms with E-state index in [1.165, 1.54) is 19.2 Å². The SMILES string of the molecule is COc1cc(CC2(C)CC(=O)NC(=O)C2)c(Cl)cc1[N+](=O)[O-]. The molecule has 1 N–H and O–H groups in total. The highest BCUT2D eigenvalue weighted by molar-refractivity contribution is 6.31. The Bertz CT molecular complexity index is 643. The summed E-state index contributed by atoms with van der Waals surface area (Å²) in [5.41, 5.74) is -0.197. The van der Waals surface area contributed by atoms with Crippen LogP contribution in [-0.2, 0) is 16.0 Å². The van der Waals surface area contributed by atoms with Crippen LogP contribution in [0.2, 0.25) is 5.02 Å². The predicted octanol–water partition coefficient (Wildman–Crippen LogP) is 2.24. The molecule has 0 aliphatic carbocycles. The molecule has 1 aliphatic rings. The fourth-order valence-electron chi connectivity index (χ4n) is 2.69. The van der Waals surface area contributed by atoms with E-state index in [9.17, 15) is 19.7 Å². The maximum atomic E-state index is 11.6. The summed E-state index contributed by atoms with van der Waals surface area (Å²) in [6.07, 6.45) is 0.724. The number of piperidine rings is 1. The molecule has 0 saturated carbocycles. The van der Waals surface area contributed by atoms with Crippen molar-refractivity contribution in [2.45, 2.75) is 26.2 Å². The molecule has 2 rings (SSSR count). The Morgan fingerprint density at radius 1 is 1.36 bits per heavy atom. The first-order chi connectivity index (χ1) is 10.2. The van der Waals surface area contributed by atoms with Gasteiger partial charge in [0.15, 0.2) is 5.75 Å². The number of nitro groups is 1. The van der Waals surface area contributed by atoms with Crippen molar-refractivity contribution in [2.24, 2.45) is 5.41 Å². The summed E-state index contributed by atoms with van der Waals surface area (Å²) in [5.74, 6) is -0.563. The van der Waals surface area contributed by atoms with Gasteiger partial charge < -0.3 is 4.74 Å². The molecular formula is C14H15ClN2O5. The number of hydrogen-bond donors (Lipinski definition) is 1. The molecule has 7 nitrogen and oxygen atoms in total. The molecule has 0 bridgehead atoms. The van der Waals surface area contributed by atoms with E-state index in [0.29, 0.717) is 12.0 Å². The van der Waals surface area contributed by atoms with Gasteiger partial charge >= 0.3 is 5.69 Å². The van der Waals surface area contributed by atoms with Gasteiger partial charge in [0, 0.05) is 18.9 Å². The Hall–Kier alpha value is -2.15. The van der Waals surface area contributed by atoms with E-state index in [0.717, 1.165) is 0 Å². The molecule has 1 saturated heterocycles. The van der Waals surface area contributed by atoms with Crippen molar-refractivity contribution >= 4 is 29.1 Å². The van der Waals surface area contributed by atoms with Crippen LogP contribution < -0.4 is 10.1 Å². The first-order valence-corrected chi connectivity index (χ1v) is 6.95. The fourth-order valence-corrected chi connectivity index (χ4v) is 2.92. The lowest BCUT2D eigenvalue weighted by atomic mass is 9.75. The van der Waals surface area contributed by atoms with Crippen LogP contribution in [0.4, 0.5) is 5.69 Å². The van der Waals surface area contributed by atoms with Crippen LogP contribution in [0, 0.1) is 15.5 Å². The summed E-state index contributed by atoms with van der Waals surface area (Å²) in [6.45, 7) is 1.81. The molecule has 0 radical (unpaired) electrons. The average Bonchev–Trinajstić information content (AvgIpc) is 2.38. The molecule has 22 heavy (non-hydrogen) atoms. The van der Waals surface area contributed by atoms with Crippen molar-refractivity contribution in [3.8, 4) is 5.75 Å². The minimum absolute atomic E-state index is 0.0968. The molecular weight excluding hydrogens is 312 g/mol. The van der Waals surface area contributed by atoms with Crippen LogP contribution in [-0.4, -0.2) is 23.8 Å². The molecule has 118 valence electrons. The lowest BCUT2D eigenvalue weighted by Gasteiger charge is -2.32. The lowest BCUT2D eigenvalue weighted by molar-refractivity contribution is -0.385. The zero-order valence-corrected chi connectivity index (χ0v) is 12.9. The van der Waals surface area contributed by atoms with Gasteiger partial charge in [0.25, 0.3) is 0 Å². The number of ether oxygens (including phenoxy) is 1. The Morgan fingerprint density at radius 2 is 1.95 bits per heavy atom. The number of halogens is 1. The monoisotopic (exact) mass is 326 g/mol. The Kier molecular flexibility index (Phi) is 4.37. The highest BCUT2D eigenvalue weighted by Crippen LogP contribution is 2.39. The van der Waals surface area contributed by atoms with E-state index in [1.807, 2.05) is 6.92 Å². The van der Waals surface area contributed by atoms with Crippen LogP contribution in [0.1, 0.15) is 25.3 Å². The second kappa shape index (κ2) is 5.92. The molecule has 1 heterocycles. The molecule has 0 aromatic heterocycles. The van der Waals surface area contributed by atoms with Gasteiger partial charge in [0.05, 0.1) is 17.1 Å². The second-order valence-electron chi connectivity index (χ2n) is 5.68. The van der Waals surface area contributed by atoms with Crippen molar-refractivity contribution in [1.29, 1.82) is 0 Å². The summed E-state index contributed by atoms with van der Waals surface area (Å²) in [4.78, 5) is 33.5. The largest absolute Gasteiger partial charge is 0.490 e. The van der Waals surface area contributed by atoms with Gasteiger partial charge in [-0.15, -0.1) is 0 Å². The van der Waals surface area contributed by atoms with Crippen LogP contribution in [0.25, 0.3) is 0 Å². The molecule has 1 aliphatic heterocycles. The number of methoxy groups -OCH3 is 1.